The van der Waals surface area contributed by atoms with Crippen LogP contribution in [0.25, 0.3) is 0 Å². The summed E-state index contributed by atoms with van der Waals surface area (Å²) in [5.41, 5.74) is 6.95. The number of nitrogens with zero attached hydrogens (tertiary/aromatic N) is 1. The second-order valence-corrected chi connectivity index (χ2v) is 4.59. The maximum Gasteiger partial charge on any atom is 0.255 e. The molecule has 1 amide bonds. The van der Waals surface area contributed by atoms with Crippen LogP contribution in [0.4, 0.5) is 11.4 Å². The number of amides is 1. The lowest BCUT2D eigenvalue weighted by Gasteiger charge is -2.12. The van der Waals surface area contributed by atoms with Crippen LogP contribution >= 0.6 is 11.6 Å². The largest absolute Gasteiger partial charge is 0.495 e. The number of carbonyl (C=O) groups is 1. The second-order valence-electron chi connectivity index (χ2n) is 4.19. The van der Waals surface area contributed by atoms with Crippen LogP contribution in [-0.2, 0) is 0 Å². The van der Waals surface area contributed by atoms with Gasteiger partial charge in [-0.25, -0.2) is 0 Å². The molecule has 0 fully saturated rings. The van der Waals surface area contributed by atoms with E-state index in [-0.39, 0.29) is 0 Å². The fraction of sp³-hybridized carbons (Fsp3) is 0.0667. The predicted molar refractivity (Wildman–Crippen MR) is 81.5 cm³/mol. The normalized spacial score (nSPS) is 9.76. The second kappa shape index (κ2) is 6.16. The molecule has 0 aliphatic rings. The Labute approximate surface area is 126 Å². The minimum absolute atomic E-state index is 0.310. The molecule has 0 unspecified atom stereocenters. The molecule has 0 saturated carbocycles. The van der Waals surface area contributed by atoms with Crippen molar-refractivity contribution in [3.63, 3.8) is 0 Å². The Morgan fingerprint density at radius 3 is 2.76 bits per heavy atom. The van der Waals surface area contributed by atoms with Crippen molar-refractivity contribution < 1.29 is 9.53 Å². The summed E-state index contributed by atoms with van der Waals surface area (Å²) in [7, 11) is 1.46. The number of nitrogen functional groups attached to an aromatic ring is 1. The molecule has 6 heteroatoms. The number of ether oxygens (including phenoxy) is 1. The number of para-hydroxylation sites is 1. The van der Waals surface area contributed by atoms with Gasteiger partial charge in [-0.05, 0) is 30.3 Å². The minimum atomic E-state index is -0.403. The van der Waals surface area contributed by atoms with E-state index in [0.29, 0.717) is 33.3 Å². The van der Waals surface area contributed by atoms with Crippen molar-refractivity contribution in [1.82, 2.24) is 0 Å². The third-order valence-electron chi connectivity index (χ3n) is 2.86. The molecule has 2 rings (SSSR count). The molecule has 3 N–H and O–H groups in total. The molecule has 0 saturated heterocycles. The SMILES string of the molecule is COc1cccc(C#N)c1NC(=O)c1ccc(Cl)c(N)c1. The number of nitrogens with two attached hydrogens (primary N) is 1. The van der Waals surface area contributed by atoms with Gasteiger partial charge in [0.15, 0.2) is 0 Å². The molecule has 0 spiro atoms. The van der Waals surface area contributed by atoms with Gasteiger partial charge in [0.05, 0.1) is 23.4 Å². The number of benzene rings is 2. The number of carbonyl (C=O) groups excluding carboxylic acids is 1. The zero-order chi connectivity index (χ0) is 15.4. The number of nitriles is 1. The van der Waals surface area contributed by atoms with Crippen molar-refractivity contribution in [3.8, 4) is 11.8 Å². The molecule has 0 aliphatic carbocycles. The van der Waals surface area contributed by atoms with Gasteiger partial charge in [-0.2, -0.15) is 5.26 Å². The van der Waals surface area contributed by atoms with Gasteiger partial charge in [-0.3, -0.25) is 4.79 Å². The van der Waals surface area contributed by atoms with Gasteiger partial charge in [0, 0.05) is 5.56 Å². The number of halogens is 1. The standard InChI is InChI=1S/C15H12ClN3O2/c1-21-13-4-2-3-10(8-17)14(13)19-15(20)9-5-6-11(16)12(18)7-9/h2-7H,18H2,1H3,(H,19,20). The first kappa shape index (κ1) is 14.7. The van der Waals surface area contributed by atoms with E-state index in [1.807, 2.05) is 6.07 Å². The molecule has 0 bridgehead atoms. The zero-order valence-electron chi connectivity index (χ0n) is 11.2. The molecule has 0 heterocycles. The topological polar surface area (TPSA) is 88.1 Å². The molecule has 0 atom stereocenters. The van der Waals surface area contributed by atoms with Crippen LogP contribution in [0.2, 0.25) is 5.02 Å². The maximum absolute atomic E-state index is 12.2. The monoisotopic (exact) mass is 301 g/mol. The van der Waals surface area contributed by atoms with Crippen LogP contribution < -0.4 is 15.8 Å². The Kier molecular flexibility index (Phi) is 4.31. The molecule has 2 aromatic carbocycles. The summed E-state index contributed by atoms with van der Waals surface area (Å²) in [6.07, 6.45) is 0. The highest BCUT2D eigenvalue weighted by Crippen LogP contribution is 2.28. The van der Waals surface area contributed by atoms with Gasteiger partial charge in [0.1, 0.15) is 17.5 Å². The molecular formula is C15H12ClN3O2. The average Bonchev–Trinajstić information content (AvgIpc) is 2.50. The van der Waals surface area contributed by atoms with Crippen molar-refractivity contribution in [1.29, 1.82) is 5.26 Å². The molecule has 21 heavy (non-hydrogen) atoms. The molecule has 5 nitrogen and oxygen atoms in total. The van der Waals surface area contributed by atoms with Crippen LogP contribution in [0.15, 0.2) is 36.4 Å². The van der Waals surface area contributed by atoms with Gasteiger partial charge < -0.3 is 15.8 Å². The van der Waals surface area contributed by atoms with E-state index >= 15 is 0 Å². The van der Waals surface area contributed by atoms with E-state index in [1.165, 1.54) is 13.2 Å². The summed E-state index contributed by atoms with van der Waals surface area (Å²) in [6.45, 7) is 0. The van der Waals surface area contributed by atoms with Gasteiger partial charge in [0.2, 0.25) is 0 Å². The Morgan fingerprint density at radius 1 is 1.38 bits per heavy atom. The minimum Gasteiger partial charge on any atom is -0.495 e. The van der Waals surface area contributed by atoms with Gasteiger partial charge in [-0.1, -0.05) is 17.7 Å². The lowest BCUT2D eigenvalue weighted by Crippen LogP contribution is -2.14. The first-order chi connectivity index (χ1) is 10.1. The fourth-order valence-electron chi connectivity index (χ4n) is 1.79. The number of hydrogen-bond donors (Lipinski definition) is 2. The Balaban J connectivity index is 2.36. The lowest BCUT2D eigenvalue weighted by molar-refractivity contribution is 0.102. The summed E-state index contributed by atoms with van der Waals surface area (Å²) < 4.78 is 5.16. The van der Waals surface area contributed by atoms with Crippen molar-refractivity contribution >= 4 is 28.9 Å². The highest BCUT2D eigenvalue weighted by Gasteiger charge is 2.14. The zero-order valence-corrected chi connectivity index (χ0v) is 11.9. The van der Waals surface area contributed by atoms with E-state index in [4.69, 9.17) is 27.3 Å². The molecule has 106 valence electrons. The van der Waals surface area contributed by atoms with Crippen molar-refractivity contribution in [2.45, 2.75) is 0 Å². The molecule has 0 aliphatic heterocycles. The highest BCUT2D eigenvalue weighted by molar-refractivity contribution is 6.33. The Bertz CT molecular complexity index is 738. The van der Waals surface area contributed by atoms with Gasteiger partial charge in [-0.15, -0.1) is 0 Å². The van der Waals surface area contributed by atoms with E-state index in [2.05, 4.69) is 5.32 Å². The van der Waals surface area contributed by atoms with Crippen LogP contribution in [0, 0.1) is 11.3 Å². The van der Waals surface area contributed by atoms with E-state index in [9.17, 15) is 4.79 Å². The predicted octanol–water partition coefficient (Wildman–Crippen LogP) is 3.05. The summed E-state index contributed by atoms with van der Waals surface area (Å²) in [5.74, 6) is 0.00343. The summed E-state index contributed by atoms with van der Waals surface area (Å²) in [6, 6.07) is 11.5. The molecular weight excluding hydrogens is 290 g/mol. The summed E-state index contributed by atoms with van der Waals surface area (Å²) in [5, 5.41) is 12.1. The third kappa shape index (κ3) is 3.07. The molecule has 2 aromatic rings. The van der Waals surface area contributed by atoms with Gasteiger partial charge in [0.25, 0.3) is 5.91 Å². The number of rotatable bonds is 3. The number of anilines is 2. The number of methoxy groups -OCH3 is 1. The van der Waals surface area contributed by atoms with Crippen LogP contribution in [0.1, 0.15) is 15.9 Å². The fourth-order valence-corrected chi connectivity index (χ4v) is 1.91. The first-order valence-electron chi connectivity index (χ1n) is 6.00. The van der Waals surface area contributed by atoms with Crippen molar-refractivity contribution in [2.75, 3.05) is 18.2 Å². The average molecular weight is 302 g/mol. The van der Waals surface area contributed by atoms with E-state index in [0.717, 1.165) is 0 Å². The third-order valence-corrected chi connectivity index (χ3v) is 3.21. The van der Waals surface area contributed by atoms with Crippen molar-refractivity contribution in [3.05, 3.63) is 52.5 Å². The quantitative estimate of drug-likeness (QED) is 0.853. The van der Waals surface area contributed by atoms with Crippen LogP contribution in [0.5, 0.6) is 5.75 Å². The Hall–Kier alpha value is -2.71. The Morgan fingerprint density at radius 2 is 2.14 bits per heavy atom. The van der Waals surface area contributed by atoms with Crippen LogP contribution in [0.3, 0.4) is 0 Å². The van der Waals surface area contributed by atoms with Gasteiger partial charge >= 0.3 is 0 Å². The first-order valence-corrected chi connectivity index (χ1v) is 6.38. The summed E-state index contributed by atoms with van der Waals surface area (Å²) >= 11 is 5.82. The van der Waals surface area contributed by atoms with Crippen molar-refractivity contribution in [2.24, 2.45) is 0 Å². The van der Waals surface area contributed by atoms with E-state index in [1.54, 1.807) is 30.3 Å². The number of nitrogens with one attached hydrogen (secondary N) is 1. The smallest absolute Gasteiger partial charge is 0.255 e. The lowest BCUT2D eigenvalue weighted by atomic mass is 10.1. The number of hydrogen-bond acceptors (Lipinski definition) is 4. The molecule has 0 aromatic heterocycles. The van der Waals surface area contributed by atoms with Crippen LogP contribution in [-0.4, -0.2) is 13.0 Å². The summed E-state index contributed by atoms with van der Waals surface area (Å²) in [4.78, 5) is 12.2. The highest BCUT2D eigenvalue weighted by atomic mass is 35.5. The maximum atomic E-state index is 12.2. The molecule has 0 radical (unpaired) electrons. The van der Waals surface area contributed by atoms with E-state index < -0.39 is 5.91 Å².